The lowest BCUT2D eigenvalue weighted by molar-refractivity contribution is 0.0223. The average Bonchev–Trinajstić information content (AvgIpc) is 3.28. The van der Waals surface area contributed by atoms with Crippen molar-refractivity contribution in [3.05, 3.63) is 42.2 Å². The van der Waals surface area contributed by atoms with Crippen LogP contribution in [-0.2, 0) is 14.2 Å². The first kappa shape index (κ1) is 28.7. The molecule has 40 heavy (non-hydrogen) atoms. The number of anilines is 1. The molecule has 0 unspecified atom stereocenters. The number of ether oxygens (including phenoxy) is 4. The van der Waals surface area contributed by atoms with E-state index in [0.29, 0.717) is 22.6 Å². The fraction of sp³-hybridized carbons (Fsp3) is 0.464. The smallest absolute Gasteiger partial charge is 0.416 e. The highest BCUT2D eigenvalue weighted by Crippen LogP contribution is 2.31. The minimum Gasteiger partial charge on any atom is -0.491 e. The molecule has 214 valence electrons. The summed E-state index contributed by atoms with van der Waals surface area (Å²) in [4.78, 5) is 46.5. The molecular formula is C28H35N5O7. The van der Waals surface area contributed by atoms with Gasteiger partial charge in [0.1, 0.15) is 34.9 Å². The molecule has 2 amide bonds. The maximum Gasteiger partial charge on any atom is 0.416 e. The Morgan fingerprint density at radius 3 is 2.30 bits per heavy atom. The van der Waals surface area contributed by atoms with Crippen molar-refractivity contribution in [3.63, 3.8) is 0 Å². The molecule has 1 aromatic carbocycles. The van der Waals surface area contributed by atoms with Crippen LogP contribution in [0.3, 0.4) is 0 Å². The van der Waals surface area contributed by atoms with Crippen molar-refractivity contribution in [2.75, 3.05) is 38.3 Å². The number of methoxy groups -OCH3 is 1. The van der Waals surface area contributed by atoms with Gasteiger partial charge in [-0.25, -0.2) is 23.9 Å². The van der Waals surface area contributed by atoms with E-state index in [1.165, 1.54) is 16.9 Å². The second kappa shape index (κ2) is 11.0. The summed E-state index contributed by atoms with van der Waals surface area (Å²) in [5.74, 6) is 0.0590. The highest BCUT2D eigenvalue weighted by molar-refractivity contribution is 5.94. The first-order valence-corrected chi connectivity index (χ1v) is 12.9. The number of aromatic nitrogens is 3. The number of hydrogen-bond acceptors (Lipinski definition) is 9. The number of benzene rings is 1. The van der Waals surface area contributed by atoms with Crippen LogP contribution in [0, 0.1) is 0 Å². The van der Waals surface area contributed by atoms with Crippen LogP contribution in [-0.4, -0.2) is 82.2 Å². The van der Waals surface area contributed by atoms with Gasteiger partial charge in [0, 0.05) is 24.8 Å². The molecule has 12 heteroatoms. The summed E-state index contributed by atoms with van der Waals surface area (Å²) in [5, 5.41) is 4.39. The fourth-order valence-corrected chi connectivity index (χ4v) is 4.02. The molecule has 3 heterocycles. The second-order valence-electron chi connectivity index (χ2n) is 11.3. The Morgan fingerprint density at radius 2 is 1.62 bits per heavy atom. The number of nitrogens with zero attached hydrogens (tertiary/aromatic N) is 5. The summed E-state index contributed by atoms with van der Waals surface area (Å²) in [6, 6.07) is 6.71. The second-order valence-corrected chi connectivity index (χ2v) is 11.3. The van der Waals surface area contributed by atoms with Crippen molar-refractivity contribution in [2.24, 2.45) is 0 Å². The number of fused-ring (bicyclic) bond motifs is 4. The Balaban J connectivity index is 1.84. The van der Waals surface area contributed by atoms with Gasteiger partial charge in [-0.1, -0.05) is 6.07 Å². The number of carbonyl (C=O) groups is 3. The predicted octanol–water partition coefficient (Wildman–Crippen LogP) is 4.55. The zero-order valence-electron chi connectivity index (χ0n) is 23.9. The van der Waals surface area contributed by atoms with Crippen molar-refractivity contribution < 1.29 is 33.3 Å². The molecule has 0 spiro atoms. The standard InChI is InChI=1S/C28H35N5O7/c1-27(2,3)39-25(35)31-12-13-32(26(36)40-28(4,5)6)22-10-11-33-23(30-22)20(17-29-33)18-8-9-19(24(34)37-7)21(16-18)38-15-14-31/h8-11,16-17H,12-15H2,1-7H3. The molecule has 1 aliphatic heterocycles. The highest BCUT2D eigenvalue weighted by Gasteiger charge is 2.29. The maximum atomic E-state index is 13.3. The lowest BCUT2D eigenvalue weighted by atomic mass is 10.1. The summed E-state index contributed by atoms with van der Waals surface area (Å²) < 4.78 is 23.8. The molecule has 12 nitrogen and oxygen atoms in total. The van der Waals surface area contributed by atoms with Gasteiger partial charge in [-0.3, -0.25) is 4.90 Å². The van der Waals surface area contributed by atoms with Crippen molar-refractivity contribution in [1.82, 2.24) is 19.5 Å². The van der Waals surface area contributed by atoms with Crippen LogP contribution >= 0.6 is 0 Å². The Kier molecular flexibility index (Phi) is 7.90. The van der Waals surface area contributed by atoms with Crippen molar-refractivity contribution in [3.8, 4) is 16.9 Å². The van der Waals surface area contributed by atoms with Gasteiger partial charge < -0.3 is 23.8 Å². The molecule has 0 aliphatic carbocycles. The Hall–Kier alpha value is -4.35. The van der Waals surface area contributed by atoms with E-state index < -0.39 is 29.4 Å². The van der Waals surface area contributed by atoms with Crippen LogP contribution in [0.4, 0.5) is 15.4 Å². The third-order valence-corrected chi connectivity index (χ3v) is 5.81. The van der Waals surface area contributed by atoms with Crippen LogP contribution in [0.5, 0.6) is 5.75 Å². The zero-order chi connectivity index (χ0) is 29.2. The van der Waals surface area contributed by atoms with E-state index in [1.54, 1.807) is 82.7 Å². The maximum absolute atomic E-state index is 13.3. The van der Waals surface area contributed by atoms with E-state index >= 15 is 0 Å². The van der Waals surface area contributed by atoms with E-state index in [-0.39, 0.29) is 37.6 Å². The summed E-state index contributed by atoms with van der Waals surface area (Å²) in [7, 11) is 1.30. The van der Waals surface area contributed by atoms with Crippen LogP contribution < -0.4 is 9.64 Å². The SMILES string of the molecule is COC(=O)c1ccc2cc1OCCN(C(=O)OC(C)(C)C)CCN(C(=O)OC(C)(C)C)c1ccn3ncc-2c3n1. The van der Waals surface area contributed by atoms with Crippen LogP contribution in [0.1, 0.15) is 51.9 Å². The van der Waals surface area contributed by atoms with E-state index in [1.807, 2.05) is 0 Å². The Labute approximate surface area is 232 Å². The topological polar surface area (TPSA) is 125 Å². The lowest BCUT2D eigenvalue weighted by Crippen LogP contribution is -2.46. The molecular weight excluding hydrogens is 518 g/mol. The molecule has 0 saturated heterocycles. The summed E-state index contributed by atoms with van der Waals surface area (Å²) in [6.45, 7) is 11.0. The molecule has 3 aromatic rings. The summed E-state index contributed by atoms with van der Waals surface area (Å²) in [6.07, 6.45) is 2.16. The van der Waals surface area contributed by atoms with Crippen LogP contribution in [0.25, 0.3) is 16.8 Å². The first-order chi connectivity index (χ1) is 18.8. The van der Waals surface area contributed by atoms with Gasteiger partial charge in [-0.05, 0) is 65.3 Å². The highest BCUT2D eigenvalue weighted by atomic mass is 16.6. The molecule has 4 bridgehead atoms. The average molecular weight is 554 g/mol. The Morgan fingerprint density at radius 1 is 0.925 bits per heavy atom. The summed E-state index contributed by atoms with van der Waals surface area (Å²) >= 11 is 0. The van der Waals surface area contributed by atoms with Crippen LogP contribution in [0.2, 0.25) is 0 Å². The van der Waals surface area contributed by atoms with Gasteiger partial charge in [0.15, 0.2) is 5.65 Å². The number of amides is 2. The van der Waals surface area contributed by atoms with Crippen LogP contribution in [0.15, 0.2) is 36.7 Å². The number of rotatable bonds is 1. The number of esters is 1. The van der Waals surface area contributed by atoms with E-state index in [0.717, 1.165) is 0 Å². The lowest BCUT2D eigenvalue weighted by Gasteiger charge is -2.31. The number of hydrogen-bond donors (Lipinski definition) is 0. The van der Waals surface area contributed by atoms with Gasteiger partial charge in [-0.15, -0.1) is 0 Å². The van der Waals surface area contributed by atoms with Crippen molar-refractivity contribution >= 4 is 29.6 Å². The minimum atomic E-state index is -0.751. The monoisotopic (exact) mass is 553 g/mol. The fourth-order valence-electron chi connectivity index (χ4n) is 4.02. The number of carbonyl (C=O) groups excluding carboxylic acids is 3. The quantitative estimate of drug-likeness (QED) is 0.315. The van der Waals surface area contributed by atoms with E-state index in [4.69, 9.17) is 23.9 Å². The molecule has 2 aromatic heterocycles. The largest absolute Gasteiger partial charge is 0.491 e. The molecule has 0 radical (unpaired) electrons. The third kappa shape index (κ3) is 6.61. The molecule has 0 N–H and O–H groups in total. The predicted molar refractivity (Wildman–Crippen MR) is 147 cm³/mol. The van der Waals surface area contributed by atoms with Gasteiger partial charge in [0.2, 0.25) is 0 Å². The molecule has 0 saturated carbocycles. The van der Waals surface area contributed by atoms with Gasteiger partial charge >= 0.3 is 18.2 Å². The third-order valence-electron chi connectivity index (χ3n) is 5.81. The van der Waals surface area contributed by atoms with Gasteiger partial charge in [-0.2, -0.15) is 5.10 Å². The minimum absolute atomic E-state index is 0.0477. The van der Waals surface area contributed by atoms with E-state index in [9.17, 15) is 14.4 Å². The molecule has 1 aliphatic rings. The Bertz CT molecular complexity index is 1420. The van der Waals surface area contributed by atoms with E-state index in [2.05, 4.69) is 5.10 Å². The van der Waals surface area contributed by atoms with Gasteiger partial charge in [0.05, 0.1) is 19.9 Å². The van der Waals surface area contributed by atoms with Gasteiger partial charge in [0.25, 0.3) is 0 Å². The normalized spacial score (nSPS) is 14.4. The van der Waals surface area contributed by atoms with Crippen molar-refractivity contribution in [1.29, 1.82) is 0 Å². The molecule has 4 rings (SSSR count). The van der Waals surface area contributed by atoms with Crippen molar-refractivity contribution in [2.45, 2.75) is 52.7 Å². The summed E-state index contributed by atoms with van der Waals surface area (Å²) in [5.41, 5.74) is 0.580. The molecule has 0 fully saturated rings. The first-order valence-electron chi connectivity index (χ1n) is 12.9. The zero-order valence-corrected chi connectivity index (χ0v) is 23.9. The molecule has 0 atom stereocenters.